The zero-order valence-electron chi connectivity index (χ0n) is 9.55. The van der Waals surface area contributed by atoms with Crippen molar-refractivity contribution in [2.45, 2.75) is 57.7 Å². The minimum atomic E-state index is 0.627. The van der Waals surface area contributed by atoms with E-state index in [1.807, 2.05) is 11.8 Å². The molecule has 0 fully saturated rings. The summed E-state index contributed by atoms with van der Waals surface area (Å²) in [5.41, 5.74) is 0. The van der Waals surface area contributed by atoms with Crippen molar-refractivity contribution in [2.75, 3.05) is 6.54 Å². The van der Waals surface area contributed by atoms with Crippen LogP contribution >= 0.6 is 11.8 Å². The van der Waals surface area contributed by atoms with Crippen LogP contribution in [0.5, 0.6) is 0 Å². The molecule has 1 heterocycles. The van der Waals surface area contributed by atoms with Crippen LogP contribution < -0.4 is 5.32 Å². The van der Waals surface area contributed by atoms with Gasteiger partial charge in [-0.15, -0.1) is 0 Å². The van der Waals surface area contributed by atoms with Crippen molar-refractivity contribution in [2.24, 2.45) is 4.99 Å². The number of rotatable bonds is 5. The van der Waals surface area contributed by atoms with Crippen LogP contribution in [0.25, 0.3) is 0 Å². The van der Waals surface area contributed by atoms with Gasteiger partial charge in [0.15, 0.2) is 5.17 Å². The van der Waals surface area contributed by atoms with Gasteiger partial charge in [-0.2, -0.15) is 0 Å². The number of hydrogen-bond acceptors (Lipinski definition) is 3. The normalized spacial score (nSPS) is 23.4. The van der Waals surface area contributed by atoms with E-state index < -0.39 is 0 Å². The highest BCUT2D eigenvalue weighted by atomic mass is 32.2. The Bertz CT molecular complexity index is 192. The van der Waals surface area contributed by atoms with Gasteiger partial charge in [0.05, 0.1) is 6.54 Å². The van der Waals surface area contributed by atoms with Gasteiger partial charge in [0.1, 0.15) is 0 Å². The molecule has 0 saturated carbocycles. The molecule has 1 aliphatic heterocycles. The second kappa shape index (κ2) is 6.33. The first kappa shape index (κ1) is 11.9. The van der Waals surface area contributed by atoms with E-state index in [9.17, 15) is 0 Å². The summed E-state index contributed by atoms with van der Waals surface area (Å²) in [6.07, 6.45) is 4.93. The zero-order chi connectivity index (χ0) is 10.4. The molecular formula is C11H22N2S. The van der Waals surface area contributed by atoms with Crippen LogP contribution in [0.4, 0.5) is 0 Å². The first-order valence-electron chi connectivity index (χ1n) is 5.77. The molecule has 82 valence electrons. The van der Waals surface area contributed by atoms with Gasteiger partial charge in [0, 0.05) is 11.3 Å². The van der Waals surface area contributed by atoms with Gasteiger partial charge in [0.25, 0.3) is 0 Å². The highest BCUT2D eigenvalue weighted by Crippen LogP contribution is 2.22. The van der Waals surface area contributed by atoms with Crippen molar-refractivity contribution < 1.29 is 0 Å². The topological polar surface area (TPSA) is 24.4 Å². The smallest absolute Gasteiger partial charge is 0.157 e. The lowest BCUT2D eigenvalue weighted by Crippen LogP contribution is -2.31. The molecule has 0 aromatic rings. The zero-order valence-corrected chi connectivity index (χ0v) is 10.4. The van der Waals surface area contributed by atoms with Crippen LogP contribution in [0, 0.1) is 0 Å². The fourth-order valence-electron chi connectivity index (χ4n) is 1.61. The van der Waals surface area contributed by atoms with Crippen LogP contribution in [-0.2, 0) is 0 Å². The summed E-state index contributed by atoms with van der Waals surface area (Å²) in [5.74, 6) is 0. The minimum absolute atomic E-state index is 0.627. The highest BCUT2D eigenvalue weighted by molar-refractivity contribution is 8.14. The molecule has 0 aromatic carbocycles. The fourth-order valence-corrected chi connectivity index (χ4v) is 2.63. The van der Waals surface area contributed by atoms with E-state index in [0.717, 1.165) is 11.8 Å². The molecular weight excluding hydrogens is 192 g/mol. The first-order chi connectivity index (χ1) is 6.80. The van der Waals surface area contributed by atoms with Crippen molar-refractivity contribution in [3.63, 3.8) is 0 Å². The van der Waals surface area contributed by atoms with E-state index in [1.54, 1.807) is 0 Å². The molecule has 0 radical (unpaired) electrons. The molecule has 0 amide bonds. The molecule has 14 heavy (non-hydrogen) atoms. The molecule has 2 unspecified atom stereocenters. The Hall–Kier alpha value is -0.180. The third kappa shape index (κ3) is 3.52. The summed E-state index contributed by atoms with van der Waals surface area (Å²) >= 11 is 1.92. The van der Waals surface area contributed by atoms with E-state index in [2.05, 4.69) is 31.1 Å². The number of thioether (sulfide) groups is 1. The van der Waals surface area contributed by atoms with Gasteiger partial charge in [-0.05, 0) is 19.3 Å². The van der Waals surface area contributed by atoms with Gasteiger partial charge in [0.2, 0.25) is 0 Å². The Balaban J connectivity index is 2.29. The summed E-state index contributed by atoms with van der Waals surface area (Å²) < 4.78 is 0. The van der Waals surface area contributed by atoms with E-state index in [1.165, 1.54) is 30.9 Å². The molecule has 2 atom stereocenters. The van der Waals surface area contributed by atoms with Crippen LogP contribution in [-0.4, -0.2) is 23.0 Å². The van der Waals surface area contributed by atoms with Crippen LogP contribution in [0.3, 0.4) is 0 Å². The molecule has 1 rings (SSSR count). The second-order valence-electron chi connectivity index (χ2n) is 3.83. The molecule has 0 spiro atoms. The first-order valence-corrected chi connectivity index (χ1v) is 6.65. The monoisotopic (exact) mass is 214 g/mol. The summed E-state index contributed by atoms with van der Waals surface area (Å²) in [6.45, 7) is 7.72. The van der Waals surface area contributed by atoms with E-state index in [0.29, 0.717) is 6.04 Å². The van der Waals surface area contributed by atoms with Gasteiger partial charge >= 0.3 is 0 Å². The van der Waals surface area contributed by atoms with Gasteiger partial charge < -0.3 is 5.32 Å². The summed E-state index contributed by atoms with van der Waals surface area (Å²) in [4.78, 5) is 4.53. The maximum Gasteiger partial charge on any atom is 0.157 e. The number of nitrogens with one attached hydrogen (secondary N) is 1. The predicted molar refractivity (Wildman–Crippen MR) is 66.1 cm³/mol. The molecule has 3 heteroatoms. The maximum atomic E-state index is 4.53. The minimum Gasteiger partial charge on any atom is -0.362 e. The summed E-state index contributed by atoms with van der Waals surface area (Å²) in [7, 11) is 0. The van der Waals surface area contributed by atoms with E-state index in [4.69, 9.17) is 0 Å². The Morgan fingerprint density at radius 3 is 2.79 bits per heavy atom. The molecule has 0 aliphatic carbocycles. The van der Waals surface area contributed by atoms with Crippen LogP contribution in [0.15, 0.2) is 4.99 Å². The number of aliphatic imine (C=N–C) groups is 1. The Kier molecular flexibility index (Phi) is 5.38. The molecule has 1 aliphatic rings. The highest BCUT2D eigenvalue weighted by Gasteiger charge is 2.19. The lowest BCUT2D eigenvalue weighted by atomic mass is 10.1. The number of amidine groups is 1. The summed E-state index contributed by atoms with van der Waals surface area (Å²) in [5, 5.41) is 5.44. The molecule has 2 nitrogen and oxygen atoms in total. The largest absolute Gasteiger partial charge is 0.362 e. The molecule has 0 saturated heterocycles. The average molecular weight is 214 g/mol. The van der Waals surface area contributed by atoms with E-state index >= 15 is 0 Å². The maximum absolute atomic E-state index is 4.53. The van der Waals surface area contributed by atoms with Gasteiger partial charge in [-0.25, -0.2) is 0 Å². The number of hydrogen-bond donors (Lipinski definition) is 1. The fraction of sp³-hybridized carbons (Fsp3) is 0.909. The van der Waals surface area contributed by atoms with Crippen molar-refractivity contribution in [3.05, 3.63) is 0 Å². The molecule has 1 N–H and O–H groups in total. The van der Waals surface area contributed by atoms with Crippen molar-refractivity contribution in [3.8, 4) is 0 Å². The predicted octanol–water partition coefficient (Wildman–Crippen LogP) is 3.04. The molecule has 0 aromatic heterocycles. The van der Waals surface area contributed by atoms with Crippen LogP contribution in [0.2, 0.25) is 0 Å². The Morgan fingerprint density at radius 1 is 1.50 bits per heavy atom. The standard InChI is InChI=1S/C11H22N2S/c1-4-7-9(5-2)13-11-12-8-10(6-3)14-11/h9-10H,4-8H2,1-3H3,(H,12,13). The Morgan fingerprint density at radius 2 is 2.29 bits per heavy atom. The van der Waals surface area contributed by atoms with Crippen molar-refractivity contribution >= 4 is 16.9 Å². The average Bonchev–Trinajstić information content (AvgIpc) is 2.65. The summed E-state index contributed by atoms with van der Waals surface area (Å²) in [6, 6.07) is 0.627. The second-order valence-corrected chi connectivity index (χ2v) is 5.12. The van der Waals surface area contributed by atoms with E-state index in [-0.39, 0.29) is 0 Å². The van der Waals surface area contributed by atoms with Gasteiger partial charge in [-0.1, -0.05) is 39.0 Å². The Labute approximate surface area is 92.0 Å². The van der Waals surface area contributed by atoms with Crippen LogP contribution in [0.1, 0.15) is 46.5 Å². The SMILES string of the molecule is CCCC(CC)NC1=NCC(CC)S1. The lowest BCUT2D eigenvalue weighted by Gasteiger charge is -2.16. The van der Waals surface area contributed by atoms with Crippen molar-refractivity contribution in [1.82, 2.24) is 5.32 Å². The number of nitrogens with zero attached hydrogens (tertiary/aromatic N) is 1. The third-order valence-electron chi connectivity index (χ3n) is 2.63. The quantitative estimate of drug-likeness (QED) is 0.760. The lowest BCUT2D eigenvalue weighted by molar-refractivity contribution is 0.539. The molecule has 0 bridgehead atoms. The van der Waals surface area contributed by atoms with Gasteiger partial charge in [-0.3, -0.25) is 4.99 Å². The van der Waals surface area contributed by atoms with Crippen molar-refractivity contribution in [1.29, 1.82) is 0 Å². The third-order valence-corrected chi connectivity index (χ3v) is 3.92.